The highest BCUT2D eigenvalue weighted by molar-refractivity contribution is 5.55. The first-order chi connectivity index (χ1) is 7.41. The second-order valence-corrected chi connectivity index (χ2v) is 4.60. The van der Waals surface area contributed by atoms with Crippen molar-refractivity contribution in [3.05, 3.63) is 41.5 Å². The lowest BCUT2D eigenvalue weighted by Crippen LogP contribution is -2.58. The van der Waals surface area contributed by atoms with Crippen molar-refractivity contribution in [2.45, 2.75) is 31.2 Å². The van der Waals surface area contributed by atoms with Gasteiger partial charge in [-0.15, -0.1) is 0 Å². The fraction of sp³-hybridized carbons (Fsp3) is 0.385. The Labute approximate surface area is 94.0 Å². The van der Waals surface area contributed by atoms with E-state index >= 15 is 0 Å². The lowest BCUT2D eigenvalue weighted by Gasteiger charge is -2.45. The summed E-state index contributed by atoms with van der Waals surface area (Å²) in [6, 6.07) is 9.62. The molecular formula is C13H15F2N. The van der Waals surface area contributed by atoms with E-state index in [1.165, 1.54) is 0 Å². The summed E-state index contributed by atoms with van der Waals surface area (Å²) >= 11 is 0. The molecule has 1 aliphatic rings. The van der Waals surface area contributed by atoms with Crippen LogP contribution in [0.25, 0.3) is 6.08 Å². The fourth-order valence-electron chi connectivity index (χ4n) is 2.09. The van der Waals surface area contributed by atoms with Crippen molar-refractivity contribution in [3.8, 4) is 0 Å². The van der Waals surface area contributed by atoms with Gasteiger partial charge in [0.25, 0.3) is 5.92 Å². The van der Waals surface area contributed by atoms with Crippen molar-refractivity contribution < 1.29 is 8.78 Å². The summed E-state index contributed by atoms with van der Waals surface area (Å²) in [6.07, 6.45) is 1.40. The Kier molecular flexibility index (Phi) is 2.58. The highest BCUT2D eigenvalue weighted by Crippen LogP contribution is 2.47. The lowest BCUT2D eigenvalue weighted by molar-refractivity contribution is -0.110. The Hall–Kier alpha value is -1.22. The molecule has 0 unspecified atom stereocenters. The van der Waals surface area contributed by atoms with Gasteiger partial charge in [0, 0.05) is 18.4 Å². The molecule has 0 aliphatic heterocycles. The summed E-state index contributed by atoms with van der Waals surface area (Å²) in [7, 11) is 0. The highest BCUT2D eigenvalue weighted by Gasteiger charge is 2.54. The van der Waals surface area contributed by atoms with Gasteiger partial charge in [-0.3, -0.25) is 0 Å². The van der Waals surface area contributed by atoms with Crippen LogP contribution in [0, 0.1) is 0 Å². The maximum atomic E-state index is 12.8. The minimum atomic E-state index is -2.58. The van der Waals surface area contributed by atoms with Gasteiger partial charge in [0.15, 0.2) is 0 Å². The topological polar surface area (TPSA) is 26.0 Å². The standard InChI is InChI=1S/C13H15F2N/c1-10(7-11-5-3-2-4-6-11)12(16)8-13(14,15)9-12/h2-7H,8-9,16H2,1H3/b10-7+. The zero-order valence-corrected chi connectivity index (χ0v) is 9.21. The van der Waals surface area contributed by atoms with Crippen molar-refractivity contribution >= 4 is 6.08 Å². The average Bonchev–Trinajstić information content (AvgIpc) is 2.16. The molecule has 1 aromatic carbocycles. The van der Waals surface area contributed by atoms with Crippen LogP contribution in [0.4, 0.5) is 8.78 Å². The van der Waals surface area contributed by atoms with Gasteiger partial charge in [0.2, 0.25) is 0 Å². The molecule has 1 fully saturated rings. The molecule has 0 saturated heterocycles. The number of hydrogen-bond donors (Lipinski definition) is 1. The van der Waals surface area contributed by atoms with Gasteiger partial charge in [0.1, 0.15) is 0 Å². The number of hydrogen-bond acceptors (Lipinski definition) is 1. The molecule has 3 heteroatoms. The second kappa shape index (κ2) is 3.67. The molecule has 0 heterocycles. The largest absolute Gasteiger partial charge is 0.321 e. The normalized spacial score (nSPS) is 22.6. The number of alkyl halides is 2. The van der Waals surface area contributed by atoms with E-state index in [-0.39, 0.29) is 12.8 Å². The molecule has 2 N–H and O–H groups in total. The monoisotopic (exact) mass is 223 g/mol. The van der Waals surface area contributed by atoms with Crippen molar-refractivity contribution in [2.24, 2.45) is 5.73 Å². The summed E-state index contributed by atoms with van der Waals surface area (Å²) in [5.74, 6) is -2.58. The van der Waals surface area contributed by atoms with E-state index in [1.54, 1.807) is 0 Å². The molecule has 0 amide bonds. The second-order valence-electron chi connectivity index (χ2n) is 4.60. The molecule has 0 atom stereocenters. The minimum absolute atomic E-state index is 0.241. The molecule has 1 aromatic rings. The Morgan fingerprint density at radius 2 is 1.81 bits per heavy atom. The van der Waals surface area contributed by atoms with Gasteiger partial charge in [-0.05, 0) is 12.5 Å². The van der Waals surface area contributed by atoms with Crippen molar-refractivity contribution in [3.63, 3.8) is 0 Å². The third-order valence-corrected chi connectivity index (χ3v) is 3.12. The van der Waals surface area contributed by atoms with Crippen LogP contribution in [0.15, 0.2) is 35.9 Å². The number of rotatable bonds is 2. The molecule has 1 nitrogen and oxygen atoms in total. The molecule has 0 aromatic heterocycles. The van der Waals surface area contributed by atoms with Gasteiger partial charge in [-0.25, -0.2) is 8.78 Å². The van der Waals surface area contributed by atoms with Crippen LogP contribution in [0.3, 0.4) is 0 Å². The van der Waals surface area contributed by atoms with Crippen LogP contribution in [0.1, 0.15) is 25.3 Å². The molecule has 1 aliphatic carbocycles. The van der Waals surface area contributed by atoms with Crippen LogP contribution in [-0.2, 0) is 0 Å². The molecule has 2 rings (SSSR count). The van der Waals surface area contributed by atoms with Crippen molar-refractivity contribution in [2.75, 3.05) is 0 Å². The van der Waals surface area contributed by atoms with Crippen LogP contribution in [0.5, 0.6) is 0 Å². The average molecular weight is 223 g/mol. The van der Waals surface area contributed by atoms with Crippen LogP contribution >= 0.6 is 0 Å². The zero-order chi connectivity index (χ0) is 11.8. The molecule has 0 bridgehead atoms. The Morgan fingerprint density at radius 3 is 2.31 bits per heavy atom. The number of halogens is 2. The Balaban J connectivity index is 2.15. The van der Waals surface area contributed by atoms with E-state index in [0.29, 0.717) is 0 Å². The van der Waals surface area contributed by atoms with Gasteiger partial charge >= 0.3 is 0 Å². The Bertz CT molecular complexity index is 401. The van der Waals surface area contributed by atoms with Gasteiger partial charge < -0.3 is 5.73 Å². The van der Waals surface area contributed by atoms with E-state index in [1.807, 2.05) is 43.3 Å². The van der Waals surface area contributed by atoms with Gasteiger partial charge in [0.05, 0.1) is 0 Å². The van der Waals surface area contributed by atoms with Crippen LogP contribution in [-0.4, -0.2) is 11.5 Å². The van der Waals surface area contributed by atoms with E-state index in [9.17, 15) is 8.78 Å². The molecule has 16 heavy (non-hydrogen) atoms. The Morgan fingerprint density at radius 1 is 1.25 bits per heavy atom. The van der Waals surface area contributed by atoms with E-state index in [0.717, 1.165) is 11.1 Å². The van der Waals surface area contributed by atoms with E-state index in [2.05, 4.69) is 0 Å². The molecular weight excluding hydrogens is 208 g/mol. The third kappa shape index (κ3) is 2.14. The summed E-state index contributed by atoms with van der Waals surface area (Å²) in [5, 5.41) is 0. The molecule has 0 radical (unpaired) electrons. The summed E-state index contributed by atoms with van der Waals surface area (Å²) < 4.78 is 25.7. The lowest BCUT2D eigenvalue weighted by atomic mass is 9.69. The smallest absolute Gasteiger partial charge is 0.252 e. The predicted octanol–water partition coefficient (Wildman–Crippen LogP) is 3.22. The maximum absolute atomic E-state index is 12.8. The first-order valence-electron chi connectivity index (χ1n) is 5.32. The van der Waals surface area contributed by atoms with Gasteiger partial charge in [-0.2, -0.15) is 0 Å². The number of nitrogens with two attached hydrogens (primary N) is 1. The van der Waals surface area contributed by atoms with Crippen LogP contribution < -0.4 is 5.73 Å². The number of benzene rings is 1. The highest BCUT2D eigenvalue weighted by atomic mass is 19.3. The van der Waals surface area contributed by atoms with Gasteiger partial charge in [-0.1, -0.05) is 42.0 Å². The zero-order valence-electron chi connectivity index (χ0n) is 9.21. The SMILES string of the molecule is C/C(=C\c1ccccc1)C1(N)CC(F)(F)C1. The van der Waals surface area contributed by atoms with Crippen molar-refractivity contribution in [1.29, 1.82) is 0 Å². The summed E-state index contributed by atoms with van der Waals surface area (Å²) in [4.78, 5) is 0. The first-order valence-corrected chi connectivity index (χ1v) is 5.32. The maximum Gasteiger partial charge on any atom is 0.252 e. The minimum Gasteiger partial charge on any atom is -0.321 e. The summed E-state index contributed by atoms with van der Waals surface area (Å²) in [5.41, 5.74) is 6.93. The fourth-order valence-corrected chi connectivity index (χ4v) is 2.09. The van der Waals surface area contributed by atoms with Crippen LogP contribution in [0.2, 0.25) is 0 Å². The third-order valence-electron chi connectivity index (χ3n) is 3.12. The van der Waals surface area contributed by atoms with E-state index in [4.69, 9.17) is 5.73 Å². The first kappa shape index (κ1) is 11.3. The predicted molar refractivity (Wildman–Crippen MR) is 61.2 cm³/mol. The van der Waals surface area contributed by atoms with Crippen molar-refractivity contribution in [1.82, 2.24) is 0 Å². The summed E-state index contributed by atoms with van der Waals surface area (Å²) in [6.45, 7) is 1.82. The molecule has 86 valence electrons. The molecule has 1 saturated carbocycles. The molecule has 0 spiro atoms. The van der Waals surface area contributed by atoms with E-state index < -0.39 is 11.5 Å². The quantitative estimate of drug-likeness (QED) is 0.818.